The Morgan fingerprint density at radius 1 is 0.760 bits per heavy atom. The van der Waals surface area contributed by atoms with Gasteiger partial charge < -0.3 is 4.72 Å². The van der Waals surface area contributed by atoms with Gasteiger partial charge in [-0.3, -0.25) is 0 Å². The predicted molar refractivity (Wildman–Crippen MR) is 52.0 cm³/mol. The first-order valence-corrected chi connectivity index (χ1v) is 6.41. The smallest absolute Gasteiger partial charge is 0.569 e. The van der Waals surface area contributed by atoms with E-state index in [1.165, 1.54) is 4.72 Å². The number of hydrogen-bond donors (Lipinski definition) is 0. The number of sulfonamides is 1. The van der Waals surface area contributed by atoms with E-state index < -0.39 is 56.6 Å². The van der Waals surface area contributed by atoms with Crippen molar-refractivity contribution in [2.24, 2.45) is 0 Å². The van der Waals surface area contributed by atoms with E-state index in [0.717, 1.165) is 0 Å². The van der Waals surface area contributed by atoms with Crippen LogP contribution in [0.15, 0.2) is 0 Å². The molecule has 0 saturated carbocycles. The third-order valence-corrected chi connectivity index (χ3v) is 3.87. The normalized spacial score (nSPS) is 13.4. The van der Waals surface area contributed by atoms with Gasteiger partial charge in [-0.2, -0.15) is 40.1 Å². The van der Waals surface area contributed by atoms with Crippen molar-refractivity contribution in [3.05, 3.63) is 28.3 Å². The predicted octanol–water partition coefficient (Wildman–Crippen LogP) is 0.767. The fraction of sp³-hybridized carbons (Fsp3) is 0.375. The summed E-state index contributed by atoms with van der Waals surface area (Å²) in [7, 11) is -7.50. The third kappa shape index (κ3) is 4.20. The van der Waals surface area contributed by atoms with Gasteiger partial charge in [0.2, 0.25) is 11.9 Å². The Bertz CT molecular complexity index is 721. The monoisotopic (exact) mass is 436 g/mol. The first-order chi connectivity index (χ1) is 10.5. The van der Waals surface area contributed by atoms with E-state index in [2.05, 4.69) is 0 Å². The van der Waals surface area contributed by atoms with Gasteiger partial charge >= 0.3 is 68.7 Å². The zero-order chi connectivity index (χ0) is 19.3. The molecule has 1 aromatic rings. The molecule has 0 aliphatic rings. The van der Waals surface area contributed by atoms with Gasteiger partial charge in [0.1, 0.15) is 10.0 Å². The van der Waals surface area contributed by atoms with E-state index in [4.69, 9.17) is 0 Å². The number of nitrogens with zero attached hydrogens (tertiary/aromatic N) is 2. The minimum absolute atomic E-state index is 0. The van der Waals surface area contributed by atoms with Crippen LogP contribution in [0.1, 0.15) is 0 Å². The number of alkyl halides is 7. The Kier molecular flexibility index (Phi) is 7.34. The number of halogens is 11. The number of rotatable bonds is 3. The maximum absolute atomic E-state index is 13.4. The van der Waals surface area contributed by atoms with Gasteiger partial charge in [0.25, 0.3) is 0 Å². The molecule has 0 atom stereocenters. The Morgan fingerprint density at radius 3 is 1.36 bits per heavy atom. The molecule has 4 nitrogen and oxygen atoms in total. The van der Waals surface area contributed by atoms with Crippen molar-refractivity contribution in [2.75, 3.05) is 0 Å². The van der Waals surface area contributed by atoms with Crippen LogP contribution < -0.4 is 51.4 Å². The molecule has 1 rings (SSSR count). The van der Waals surface area contributed by atoms with Gasteiger partial charge in [-0.1, -0.05) is 0 Å². The van der Waals surface area contributed by atoms with Crippen LogP contribution >= 0.6 is 0 Å². The molecule has 0 amide bonds. The first-order valence-electron chi connectivity index (χ1n) is 4.97. The second kappa shape index (κ2) is 7.41. The van der Waals surface area contributed by atoms with Crippen LogP contribution in [-0.4, -0.2) is 30.8 Å². The second-order valence-corrected chi connectivity index (χ2v) is 5.52. The van der Waals surface area contributed by atoms with E-state index in [1.54, 1.807) is 0 Å². The number of pyridine rings is 1. The largest absolute Gasteiger partial charge is 1.00 e. The maximum atomic E-state index is 13.4. The molecule has 1 aromatic heterocycles. The summed E-state index contributed by atoms with van der Waals surface area (Å²) in [4.78, 5) is 1.85. The standard InChI is InChI=1S/C8F11N2O2S.K/c9-1-3(2(10)5(12)20-4(1)11)21-24(22,23)6(13,7(14,15)16)8(17,18)19;/q-1;+1. The fourth-order valence-electron chi connectivity index (χ4n) is 1.19. The SMILES string of the molecule is O=S(=O)([N-]c1c(F)c(F)nc(F)c1F)C(F)(C(F)(F)F)C(F)(F)F.[K+]. The molecule has 0 unspecified atom stereocenters. The van der Waals surface area contributed by atoms with E-state index in [-0.39, 0.29) is 51.4 Å². The zero-order valence-electron chi connectivity index (χ0n) is 11.3. The van der Waals surface area contributed by atoms with E-state index >= 15 is 0 Å². The minimum Gasteiger partial charge on any atom is -0.569 e. The summed E-state index contributed by atoms with van der Waals surface area (Å²) in [6.45, 7) is 0. The Balaban J connectivity index is 0.00000576. The number of aromatic nitrogens is 1. The molecular formula is C8F11KN2O2S. The van der Waals surface area contributed by atoms with E-state index in [9.17, 15) is 56.7 Å². The maximum Gasteiger partial charge on any atom is 1.00 e. The quantitative estimate of drug-likeness (QED) is 0.400. The molecule has 138 valence electrons. The van der Waals surface area contributed by atoms with Gasteiger partial charge in [0, 0.05) is 0 Å². The van der Waals surface area contributed by atoms with Crippen molar-refractivity contribution >= 4 is 15.7 Å². The molecule has 0 aliphatic carbocycles. The summed E-state index contributed by atoms with van der Waals surface area (Å²) in [6.07, 6.45) is -14.4. The molecule has 0 fully saturated rings. The van der Waals surface area contributed by atoms with Crippen LogP contribution in [0.5, 0.6) is 0 Å². The molecule has 0 radical (unpaired) electrons. The van der Waals surface area contributed by atoms with Crippen molar-refractivity contribution in [1.29, 1.82) is 0 Å². The summed E-state index contributed by atoms with van der Waals surface area (Å²) < 4.78 is 162. The van der Waals surface area contributed by atoms with Gasteiger partial charge in [-0.05, 0) is 5.69 Å². The average molecular weight is 436 g/mol. The average Bonchev–Trinajstić information content (AvgIpc) is 2.37. The molecule has 0 bridgehead atoms. The molecular weight excluding hydrogens is 436 g/mol. The zero-order valence-corrected chi connectivity index (χ0v) is 15.2. The minimum atomic E-state index is -7.50. The molecule has 25 heavy (non-hydrogen) atoms. The molecule has 0 N–H and O–H groups in total. The third-order valence-electron chi connectivity index (χ3n) is 2.27. The Morgan fingerprint density at radius 2 is 1.08 bits per heavy atom. The second-order valence-electron chi connectivity index (χ2n) is 3.83. The van der Waals surface area contributed by atoms with Crippen molar-refractivity contribution in [3.63, 3.8) is 0 Å². The van der Waals surface area contributed by atoms with Gasteiger partial charge in [-0.25, -0.2) is 21.6 Å². The molecule has 17 heteroatoms. The van der Waals surface area contributed by atoms with Crippen LogP contribution in [0.3, 0.4) is 0 Å². The summed E-state index contributed by atoms with van der Waals surface area (Å²) >= 11 is 0. The van der Waals surface area contributed by atoms with Crippen molar-refractivity contribution in [3.8, 4) is 0 Å². The van der Waals surface area contributed by atoms with Crippen molar-refractivity contribution in [2.45, 2.75) is 17.4 Å². The molecule has 0 aliphatic heterocycles. The fourth-order valence-corrected chi connectivity index (χ4v) is 2.30. The molecule has 0 aromatic carbocycles. The van der Waals surface area contributed by atoms with Gasteiger partial charge in [-0.15, -0.1) is 0 Å². The molecule has 0 saturated heterocycles. The summed E-state index contributed by atoms with van der Waals surface area (Å²) in [5, 5.41) is -7.10. The van der Waals surface area contributed by atoms with Crippen LogP contribution in [0, 0.1) is 23.5 Å². The van der Waals surface area contributed by atoms with Crippen LogP contribution in [0.2, 0.25) is 0 Å². The van der Waals surface area contributed by atoms with Crippen LogP contribution in [-0.2, 0) is 10.0 Å². The first kappa shape index (κ1) is 24.8. The summed E-state index contributed by atoms with van der Waals surface area (Å²) in [5.41, 5.74) is -2.78. The Labute approximate surface area is 173 Å². The Hall–Kier alpha value is -0.234. The van der Waals surface area contributed by atoms with Crippen LogP contribution in [0.4, 0.5) is 54.0 Å². The number of hydrogen-bond acceptors (Lipinski definition) is 3. The summed E-state index contributed by atoms with van der Waals surface area (Å²) in [6, 6.07) is 0. The van der Waals surface area contributed by atoms with Crippen molar-refractivity contribution < 1.29 is 108 Å². The van der Waals surface area contributed by atoms with Gasteiger partial charge in [0.05, 0.1) is 0 Å². The van der Waals surface area contributed by atoms with E-state index in [1.807, 2.05) is 4.98 Å². The molecule has 1 heterocycles. The van der Waals surface area contributed by atoms with Gasteiger partial charge in [0.15, 0.2) is 11.6 Å². The van der Waals surface area contributed by atoms with Crippen molar-refractivity contribution in [1.82, 2.24) is 4.98 Å². The topological polar surface area (TPSA) is 61.1 Å². The van der Waals surface area contributed by atoms with E-state index in [0.29, 0.717) is 0 Å². The molecule has 0 spiro atoms. The van der Waals surface area contributed by atoms with Crippen LogP contribution in [0.25, 0.3) is 4.72 Å². The summed E-state index contributed by atoms with van der Waals surface area (Å²) in [5.74, 6) is -11.0.